The van der Waals surface area contributed by atoms with Crippen LogP contribution < -0.4 is 10.3 Å². The highest BCUT2D eigenvalue weighted by Crippen LogP contribution is 2.28. The van der Waals surface area contributed by atoms with Crippen LogP contribution in [0.15, 0.2) is 100 Å². The summed E-state index contributed by atoms with van der Waals surface area (Å²) in [7, 11) is 0. The lowest BCUT2D eigenvalue weighted by Gasteiger charge is -2.12. The largest absolute Gasteiger partial charge is 0.462 e. The van der Waals surface area contributed by atoms with Gasteiger partial charge in [0, 0.05) is 17.7 Å². The second-order valence-electron chi connectivity index (χ2n) is 9.22. The average Bonchev–Trinajstić information content (AvgIpc) is 3.57. The molecule has 0 saturated carbocycles. The van der Waals surface area contributed by atoms with Crippen LogP contribution >= 0.6 is 0 Å². The molecule has 2 amide bonds. The fourth-order valence-electron chi connectivity index (χ4n) is 4.24. The summed E-state index contributed by atoms with van der Waals surface area (Å²) >= 11 is 0. The number of halogens is 1. The Bertz CT molecular complexity index is 1670. The smallest absolute Gasteiger partial charge is 0.338 e. The molecule has 1 aliphatic rings. The van der Waals surface area contributed by atoms with Crippen LogP contribution in [0.5, 0.6) is 0 Å². The third-order valence-corrected chi connectivity index (χ3v) is 6.38. The fraction of sp³-hybridized carbons (Fsp3) is 0.125. The monoisotopic (exact) mass is 551 g/mol. The van der Waals surface area contributed by atoms with Crippen molar-refractivity contribution in [1.29, 1.82) is 0 Å². The van der Waals surface area contributed by atoms with E-state index in [1.165, 1.54) is 17.1 Å². The number of esters is 1. The number of hydrazone groups is 1. The summed E-state index contributed by atoms with van der Waals surface area (Å²) in [4.78, 5) is 37.8. The minimum atomic E-state index is -0.473. The third-order valence-electron chi connectivity index (χ3n) is 6.38. The molecule has 41 heavy (non-hydrogen) atoms. The lowest BCUT2D eigenvalue weighted by Crippen LogP contribution is -2.22. The van der Waals surface area contributed by atoms with Crippen molar-refractivity contribution in [3.63, 3.8) is 0 Å². The van der Waals surface area contributed by atoms with E-state index < -0.39 is 5.97 Å². The minimum absolute atomic E-state index is 0.249. The Balaban J connectivity index is 1.26. The van der Waals surface area contributed by atoms with E-state index in [-0.39, 0.29) is 30.8 Å². The SMILES string of the molecule is CCOC(=O)c1cccc(N2N=C(C)/C(=C/c3ccc(-c4ccc(C(=O)NCc5ccc(F)cc5)cc4)o3)C2=O)c1. The molecule has 206 valence electrons. The minimum Gasteiger partial charge on any atom is -0.462 e. The van der Waals surface area contributed by atoms with Gasteiger partial charge in [-0.25, -0.2) is 9.18 Å². The van der Waals surface area contributed by atoms with Crippen molar-refractivity contribution in [2.75, 3.05) is 11.6 Å². The van der Waals surface area contributed by atoms with Gasteiger partial charge in [0.25, 0.3) is 11.8 Å². The van der Waals surface area contributed by atoms with Gasteiger partial charge in [-0.1, -0.05) is 30.3 Å². The standard InChI is InChI=1S/C32H26FN3O5/c1-3-40-32(39)24-5-4-6-26(17-24)36-31(38)28(20(2)35-36)18-27-15-16-29(41-27)22-9-11-23(12-10-22)30(37)34-19-21-7-13-25(33)14-8-21/h4-18H,3,19H2,1-2H3,(H,34,37)/b28-18-. The zero-order valence-corrected chi connectivity index (χ0v) is 22.4. The Morgan fingerprint density at radius 3 is 2.49 bits per heavy atom. The van der Waals surface area contributed by atoms with Crippen molar-refractivity contribution in [2.24, 2.45) is 5.10 Å². The quantitative estimate of drug-likeness (QED) is 0.214. The van der Waals surface area contributed by atoms with E-state index in [4.69, 9.17) is 9.15 Å². The maximum atomic E-state index is 13.2. The summed E-state index contributed by atoms with van der Waals surface area (Å²) in [5.41, 5.74) is 3.67. The molecule has 0 radical (unpaired) electrons. The summed E-state index contributed by atoms with van der Waals surface area (Å²) in [6, 6.07) is 22.9. The van der Waals surface area contributed by atoms with Crippen LogP contribution in [0.3, 0.4) is 0 Å². The first kappa shape index (κ1) is 27.3. The molecule has 9 heteroatoms. The van der Waals surface area contributed by atoms with Crippen molar-refractivity contribution in [3.8, 4) is 11.3 Å². The van der Waals surface area contributed by atoms with E-state index in [1.54, 1.807) is 92.7 Å². The number of carbonyl (C=O) groups is 3. The van der Waals surface area contributed by atoms with Crippen LogP contribution in [0, 0.1) is 5.82 Å². The maximum absolute atomic E-state index is 13.2. The highest BCUT2D eigenvalue weighted by atomic mass is 19.1. The van der Waals surface area contributed by atoms with Gasteiger partial charge >= 0.3 is 5.97 Å². The van der Waals surface area contributed by atoms with E-state index in [0.717, 1.165) is 11.1 Å². The Morgan fingerprint density at radius 2 is 1.76 bits per heavy atom. The van der Waals surface area contributed by atoms with Crippen LogP contribution in [0.1, 0.15) is 45.9 Å². The topological polar surface area (TPSA) is 101 Å². The van der Waals surface area contributed by atoms with Gasteiger partial charge in [0.15, 0.2) is 0 Å². The molecule has 1 aromatic heterocycles. The normalized spacial score (nSPS) is 13.8. The van der Waals surface area contributed by atoms with E-state index >= 15 is 0 Å². The Kier molecular flexibility index (Phi) is 7.87. The van der Waals surface area contributed by atoms with Gasteiger partial charge in [-0.05, 0) is 80.1 Å². The van der Waals surface area contributed by atoms with Crippen LogP contribution in [-0.4, -0.2) is 30.1 Å². The zero-order valence-electron chi connectivity index (χ0n) is 22.4. The summed E-state index contributed by atoms with van der Waals surface area (Å²) in [5.74, 6) is -0.379. The maximum Gasteiger partial charge on any atom is 0.338 e. The van der Waals surface area contributed by atoms with Crippen molar-refractivity contribution < 1.29 is 27.9 Å². The molecule has 3 aromatic carbocycles. The number of rotatable bonds is 8. The molecule has 5 rings (SSSR count). The van der Waals surface area contributed by atoms with E-state index in [9.17, 15) is 18.8 Å². The molecule has 0 bridgehead atoms. The van der Waals surface area contributed by atoms with Crippen molar-refractivity contribution in [2.45, 2.75) is 20.4 Å². The van der Waals surface area contributed by atoms with Gasteiger partial charge in [-0.3, -0.25) is 9.59 Å². The highest BCUT2D eigenvalue weighted by molar-refractivity contribution is 6.32. The van der Waals surface area contributed by atoms with Gasteiger partial charge in [0.1, 0.15) is 17.3 Å². The Labute approximate surface area is 235 Å². The summed E-state index contributed by atoms with van der Waals surface area (Å²) in [6.45, 7) is 3.98. The van der Waals surface area contributed by atoms with E-state index in [0.29, 0.717) is 39.6 Å². The zero-order chi connectivity index (χ0) is 28.9. The van der Waals surface area contributed by atoms with Crippen LogP contribution in [0.2, 0.25) is 0 Å². The number of ether oxygens (including phenoxy) is 1. The molecule has 1 aliphatic heterocycles. The molecular weight excluding hydrogens is 525 g/mol. The highest BCUT2D eigenvalue weighted by Gasteiger charge is 2.29. The molecular formula is C32H26FN3O5. The molecule has 4 aromatic rings. The van der Waals surface area contributed by atoms with Gasteiger partial charge in [0.2, 0.25) is 0 Å². The van der Waals surface area contributed by atoms with E-state index in [1.807, 2.05) is 0 Å². The van der Waals surface area contributed by atoms with Gasteiger partial charge in [-0.15, -0.1) is 0 Å². The molecule has 0 atom stereocenters. The molecule has 0 spiro atoms. The molecule has 0 fully saturated rings. The molecule has 0 unspecified atom stereocenters. The average molecular weight is 552 g/mol. The number of furan rings is 1. The summed E-state index contributed by atoms with van der Waals surface area (Å²) < 4.78 is 24.1. The number of anilines is 1. The number of benzene rings is 3. The number of hydrogen-bond acceptors (Lipinski definition) is 6. The van der Waals surface area contributed by atoms with Crippen molar-refractivity contribution in [3.05, 3.63) is 119 Å². The Morgan fingerprint density at radius 1 is 1.00 bits per heavy atom. The number of amides is 2. The fourth-order valence-corrected chi connectivity index (χ4v) is 4.24. The van der Waals surface area contributed by atoms with Crippen molar-refractivity contribution in [1.82, 2.24) is 5.32 Å². The summed E-state index contributed by atoms with van der Waals surface area (Å²) in [5, 5.41) is 8.43. The first-order chi connectivity index (χ1) is 19.8. The third kappa shape index (κ3) is 6.14. The first-order valence-corrected chi connectivity index (χ1v) is 12.9. The van der Waals surface area contributed by atoms with Crippen molar-refractivity contribution >= 4 is 35.3 Å². The molecule has 1 N–H and O–H groups in total. The van der Waals surface area contributed by atoms with Crippen LogP contribution in [0.4, 0.5) is 10.1 Å². The van der Waals surface area contributed by atoms with Gasteiger partial charge < -0.3 is 14.5 Å². The molecule has 0 aliphatic carbocycles. The lowest BCUT2D eigenvalue weighted by molar-refractivity contribution is -0.114. The number of carbonyl (C=O) groups excluding carboxylic acids is 3. The van der Waals surface area contributed by atoms with E-state index in [2.05, 4.69) is 10.4 Å². The molecule has 8 nitrogen and oxygen atoms in total. The molecule has 2 heterocycles. The van der Waals surface area contributed by atoms with Crippen LogP contribution in [-0.2, 0) is 16.1 Å². The predicted molar refractivity (Wildman–Crippen MR) is 153 cm³/mol. The van der Waals surface area contributed by atoms with Crippen LogP contribution in [0.25, 0.3) is 17.4 Å². The number of hydrogen-bond donors (Lipinski definition) is 1. The Hall–Kier alpha value is -5.31. The van der Waals surface area contributed by atoms with Gasteiger partial charge in [0.05, 0.1) is 29.1 Å². The number of nitrogens with one attached hydrogen (secondary N) is 1. The van der Waals surface area contributed by atoms with Gasteiger partial charge in [-0.2, -0.15) is 10.1 Å². The predicted octanol–water partition coefficient (Wildman–Crippen LogP) is 6.00. The first-order valence-electron chi connectivity index (χ1n) is 12.9. The summed E-state index contributed by atoms with van der Waals surface area (Å²) in [6.07, 6.45) is 1.62. The lowest BCUT2D eigenvalue weighted by atomic mass is 10.1. The second kappa shape index (κ2) is 11.8. The molecule has 0 saturated heterocycles. The second-order valence-corrected chi connectivity index (χ2v) is 9.22. The number of nitrogens with zero attached hydrogens (tertiary/aromatic N) is 2.